The molecular weight excluding hydrogens is 258 g/mol. The van der Waals surface area contributed by atoms with Crippen LogP contribution in [-0.4, -0.2) is 17.7 Å². The topological polar surface area (TPSA) is 32.3 Å². The quantitative estimate of drug-likeness (QED) is 0.773. The summed E-state index contributed by atoms with van der Waals surface area (Å²) in [6, 6.07) is 8.16. The van der Waals surface area contributed by atoms with Gasteiger partial charge in [-0.15, -0.1) is 0 Å². The monoisotopic (exact) mass is 289 g/mol. The minimum atomic E-state index is 0.353. The van der Waals surface area contributed by atoms with E-state index in [1.165, 1.54) is 37.7 Å². The maximum Gasteiger partial charge on any atom is 0.115 e. The average Bonchev–Trinajstić information content (AvgIpc) is 2.47. The third kappa shape index (κ3) is 6.09. The Hall–Kier alpha value is -1.02. The molecule has 1 aliphatic carbocycles. The SMILES string of the molecule is CC1CCCC(CCNC(C)CCc2ccc(O)cc2)C1. The van der Waals surface area contributed by atoms with Crippen LogP contribution in [0.2, 0.25) is 0 Å². The molecule has 1 fully saturated rings. The number of nitrogens with one attached hydrogen (secondary N) is 1. The summed E-state index contributed by atoms with van der Waals surface area (Å²) in [5.74, 6) is 2.24. The number of rotatable bonds is 7. The zero-order valence-electron chi connectivity index (χ0n) is 13.6. The Morgan fingerprint density at radius 3 is 2.71 bits per heavy atom. The molecule has 0 radical (unpaired) electrons. The summed E-state index contributed by atoms with van der Waals surface area (Å²) in [5.41, 5.74) is 1.31. The first kappa shape index (κ1) is 16.4. The highest BCUT2D eigenvalue weighted by Crippen LogP contribution is 2.30. The molecular formula is C19H31NO. The molecule has 2 rings (SSSR count). The van der Waals surface area contributed by atoms with Gasteiger partial charge >= 0.3 is 0 Å². The number of phenolic OH excluding ortho intramolecular Hbond substituents is 1. The molecule has 1 saturated carbocycles. The van der Waals surface area contributed by atoms with E-state index in [2.05, 4.69) is 19.2 Å². The van der Waals surface area contributed by atoms with Crippen molar-refractivity contribution in [3.8, 4) is 5.75 Å². The molecule has 0 amide bonds. The van der Waals surface area contributed by atoms with Crippen LogP contribution in [-0.2, 0) is 6.42 Å². The van der Waals surface area contributed by atoms with Crippen molar-refractivity contribution in [2.45, 2.75) is 64.8 Å². The summed E-state index contributed by atoms with van der Waals surface area (Å²) in [4.78, 5) is 0. The summed E-state index contributed by atoms with van der Waals surface area (Å²) in [6.45, 7) is 5.85. The van der Waals surface area contributed by atoms with Gasteiger partial charge in [-0.1, -0.05) is 38.3 Å². The highest BCUT2D eigenvalue weighted by molar-refractivity contribution is 5.25. The van der Waals surface area contributed by atoms with Crippen LogP contribution < -0.4 is 5.32 Å². The van der Waals surface area contributed by atoms with Crippen molar-refractivity contribution in [1.82, 2.24) is 5.32 Å². The van der Waals surface area contributed by atoms with Gasteiger partial charge in [-0.25, -0.2) is 0 Å². The Labute approximate surface area is 130 Å². The van der Waals surface area contributed by atoms with E-state index >= 15 is 0 Å². The van der Waals surface area contributed by atoms with E-state index in [1.54, 1.807) is 12.1 Å². The highest BCUT2D eigenvalue weighted by atomic mass is 16.3. The van der Waals surface area contributed by atoms with Crippen molar-refractivity contribution in [3.05, 3.63) is 29.8 Å². The van der Waals surface area contributed by atoms with Gasteiger partial charge in [0.05, 0.1) is 0 Å². The first-order valence-electron chi connectivity index (χ1n) is 8.64. The molecule has 2 heteroatoms. The fraction of sp³-hybridized carbons (Fsp3) is 0.684. The maximum absolute atomic E-state index is 9.28. The molecule has 0 heterocycles. The van der Waals surface area contributed by atoms with Gasteiger partial charge in [0.15, 0.2) is 0 Å². The van der Waals surface area contributed by atoms with E-state index in [1.807, 2.05) is 12.1 Å². The fourth-order valence-corrected chi connectivity index (χ4v) is 3.50. The zero-order valence-corrected chi connectivity index (χ0v) is 13.6. The molecule has 21 heavy (non-hydrogen) atoms. The van der Waals surface area contributed by atoms with Gasteiger partial charge in [-0.2, -0.15) is 0 Å². The molecule has 1 aliphatic rings. The van der Waals surface area contributed by atoms with Crippen LogP contribution in [0, 0.1) is 11.8 Å². The van der Waals surface area contributed by atoms with Crippen LogP contribution in [0.4, 0.5) is 0 Å². The molecule has 3 atom stereocenters. The number of hydrogen-bond donors (Lipinski definition) is 2. The van der Waals surface area contributed by atoms with Crippen molar-refractivity contribution in [1.29, 1.82) is 0 Å². The molecule has 0 bridgehead atoms. The van der Waals surface area contributed by atoms with Crippen LogP contribution in [0.5, 0.6) is 5.75 Å². The Morgan fingerprint density at radius 2 is 2.00 bits per heavy atom. The Bertz CT molecular complexity index is 401. The zero-order chi connectivity index (χ0) is 15.1. The number of aromatic hydroxyl groups is 1. The normalized spacial score (nSPS) is 23.9. The van der Waals surface area contributed by atoms with E-state index in [0.29, 0.717) is 11.8 Å². The molecule has 0 aromatic heterocycles. The Kier molecular flexibility index (Phi) is 6.56. The molecule has 0 saturated heterocycles. The third-order valence-electron chi connectivity index (χ3n) is 4.89. The van der Waals surface area contributed by atoms with Crippen LogP contribution in [0.1, 0.15) is 57.9 Å². The molecule has 1 aromatic rings. The van der Waals surface area contributed by atoms with Crippen LogP contribution in [0.15, 0.2) is 24.3 Å². The molecule has 3 unspecified atom stereocenters. The lowest BCUT2D eigenvalue weighted by molar-refractivity contribution is 0.265. The van der Waals surface area contributed by atoms with Crippen molar-refractivity contribution in [2.24, 2.45) is 11.8 Å². The van der Waals surface area contributed by atoms with Gasteiger partial charge in [-0.3, -0.25) is 0 Å². The number of phenols is 1. The fourth-order valence-electron chi connectivity index (χ4n) is 3.50. The number of aryl methyl sites for hydroxylation is 1. The van der Waals surface area contributed by atoms with E-state index < -0.39 is 0 Å². The standard InChI is InChI=1S/C19H31NO/c1-15-4-3-5-18(14-15)12-13-20-16(2)6-7-17-8-10-19(21)11-9-17/h8-11,15-16,18,20-21H,3-7,12-14H2,1-2H3. The van der Waals surface area contributed by atoms with Crippen LogP contribution in [0.25, 0.3) is 0 Å². The van der Waals surface area contributed by atoms with Crippen molar-refractivity contribution in [3.63, 3.8) is 0 Å². The van der Waals surface area contributed by atoms with Crippen LogP contribution >= 0.6 is 0 Å². The number of hydrogen-bond acceptors (Lipinski definition) is 2. The van der Waals surface area contributed by atoms with Gasteiger partial charge < -0.3 is 10.4 Å². The highest BCUT2D eigenvalue weighted by Gasteiger charge is 2.18. The predicted octanol–water partition coefficient (Wildman–Crippen LogP) is 4.52. The van der Waals surface area contributed by atoms with E-state index in [4.69, 9.17) is 0 Å². The lowest BCUT2D eigenvalue weighted by Crippen LogP contribution is -2.29. The number of benzene rings is 1. The van der Waals surface area contributed by atoms with Gasteiger partial charge in [-0.05, 0) is 68.7 Å². The second kappa shape index (κ2) is 8.43. The first-order valence-corrected chi connectivity index (χ1v) is 8.64. The van der Waals surface area contributed by atoms with Crippen molar-refractivity contribution in [2.75, 3.05) is 6.54 Å². The molecule has 2 N–H and O–H groups in total. The lowest BCUT2D eigenvalue weighted by Gasteiger charge is -2.27. The van der Waals surface area contributed by atoms with Crippen molar-refractivity contribution < 1.29 is 5.11 Å². The second-order valence-corrected chi connectivity index (χ2v) is 6.99. The predicted molar refractivity (Wildman–Crippen MR) is 89.6 cm³/mol. The minimum absolute atomic E-state index is 0.353. The molecule has 0 spiro atoms. The lowest BCUT2D eigenvalue weighted by atomic mass is 9.81. The minimum Gasteiger partial charge on any atom is -0.508 e. The van der Waals surface area contributed by atoms with Crippen molar-refractivity contribution >= 4 is 0 Å². The largest absolute Gasteiger partial charge is 0.508 e. The Morgan fingerprint density at radius 1 is 1.24 bits per heavy atom. The smallest absolute Gasteiger partial charge is 0.115 e. The summed E-state index contributed by atoms with van der Waals surface area (Å²) in [6.07, 6.45) is 9.32. The summed E-state index contributed by atoms with van der Waals surface area (Å²) in [7, 11) is 0. The van der Waals surface area contributed by atoms with Gasteiger partial charge in [0.1, 0.15) is 5.75 Å². The maximum atomic E-state index is 9.28. The van der Waals surface area contributed by atoms with Gasteiger partial charge in [0, 0.05) is 6.04 Å². The summed E-state index contributed by atoms with van der Waals surface area (Å²) in [5, 5.41) is 13.0. The molecule has 0 aliphatic heterocycles. The van der Waals surface area contributed by atoms with Crippen LogP contribution in [0.3, 0.4) is 0 Å². The second-order valence-electron chi connectivity index (χ2n) is 6.99. The van der Waals surface area contributed by atoms with E-state index in [9.17, 15) is 5.11 Å². The average molecular weight is 289 g/mol. The van der Waals surface area contributed by atoms with E-state index in [0.717, 1.165) is 31.2 Å². The van der Waals surface area contributed by atoms with Gasteiger partial charge in [0.2, 0.25) is 0 Å². The van der Waals surface area contributed by atoms with E-state index in [-0.39, 0.29) is 0 Å². The Balaban J connectivity index is 1.59. The molecule has 1 aromatic carbocycles. The first-order chi connectivity index (χ1) is 10.1. The molecule has 2 nitrogen and oxygen atoms in total. The van der Waals surface area contributed by atoms with Gasteiger partial charge in [0.25, 0.3) is 0 Å². The summed E-state index contributed by atoms with van der Waals surface area (Å²) >= 11 is 0. The third-order valence-corrected chi connectivity index (χ3v) is 4.89. The summed E-state index contributed by atoms with van der Waals surface area (Å²) < 4.78 is 0. The molecule has 118 valence electrons.